The van der Waals surface area contributed by atoms with E-state index in [1.807, 2.05) is 24.3 Å². The minimum Gasteiger partial charge on any atom is -0.456 e. The molecular weight excluding hydrogens is 454 g/mol. The minimum atomic E-state index is 0.880. The summed E-state index contributed by atoms with van der Waals surface area (Å²) in [5.41, 5.74) is 6.77. The molecule has 0 fully saturated rings. The fourth-order valence-corrected chi connectivity index (χ4v) is 5.61. The van der Waals surface area contributed by atoms with E-state index in [0.29, 0.717) is 0 Å². The van der Waals surface area contributed by atoms with E-state index in [-0.39, 0.29) is 0 Å². The van der Waals surface area contributed by atoms with E-state index >= 15 is 0 Å². The fourth-order valence-electron chi connectivity index (χ4n) is 5.61. The summed E-state index contributed by atoms with van der Waals surface area (Å²) < 4.78 is 12.5. The molecule has 2 aromatic heterocycles. The van der Waals surface area contributed by atoms with Crippen molar-refractivity contribution in [3.05, 3.63) is 127 Å². The highest BCUT2D eigenvalue weighted by Gasteiger charge is 2.20. The van der Waals surface area contributed by atoms with Gasteiger partial charge in [0.15, 0.2) is 0 Å². The van der Waals surface area contributed by atoms with E-state index in [2.05, 4.69) is 108 Å². The van der Waals surface area contributed by atoms with E-state index in [4.69, 9.17) is 8.83 Å². The van der Waals surface area contributed by atoms with Gasteiger partial charge in [-0.2, -0.15) is 0 Å². The zero-order valence-electron chi connectivity index (χ0n) is 19.9. The molecule has 0 unspecified atom stereocenters. The third-order valence-corrected chi connectivity index (χ3v) is 7.24. The molecule has 0 atom stereocenters. The lowest BCUT2D eigenvalue weighted by Gasteiger charge is -2.27. The van der Waals surface area contributed by atoms with Crippen LogP contribution in [-0.2, 0) is 0 Å². The molecule has 0 amide bonds. The molecule has 37 heavy (non-hydrogen) atoms. The maximum absolute atomic E-state index is 6.40. The normalized spacial score (nSPS) is 11.8. The number of nitrogens with zero attached hydrogens (tertiary/aromatic N) is 1. The monoisotopic (exact) mass is 475 g/mol. The van der Waals surface area contributed by atoms with Crippen LogP contribution in [0.2, 0.25) is 0 Å². The van der Waals surface area contributed by atoms with Crippen molar-refractivity contribution in [2.24, 2.45) is 0 Å². The first-order valence-electron chi connectivity index (χ1n) is 12.4. The summed E-state index contributed by atoms with van der Waals surface area (Å²) in [6.07, 6.45) is 0. The van der Waals surface area contributed by atoms with Gasteiger partial charge in [-0.1, -0.05) is 78.9 Å². The maximum atomic E-state index is 6.40. The topological polar surface area (TPSA) is 29.5 Å². The second kappa shape index (κ2) is 7.74. The van der Waals surface area contributed by atoms with Gasteiger partial charge in [0.25, 0.3) is 0 Å². The van der Waals surface area contributed by atoms with E-state index < -0.39 is 0 Å². The Morgan fingerprint density at radius 2 is 0.973 bits per heavy atom. The average Bonchev–Trinajstić information content (AvgIpc) is 3.52. The molecule has 0 N–H and O–H groups in total. The van der Waals surface area contributed by atoms with Gasteiger partial charge in [-0.05, 0) is 47.9 Å². The number of para-hydroxylation sites is 3. The first-order chi connectivity index (χ1) is 18.3. The molecule has 174 valence electrons. The van der Waals surface area contributed by atoms with Crippen LogP contribution in [0.4, 0.5) is 17.1 Å². The van der Waals surface area contributed by atoms with Crippen LogP contribution < -0.4 is 4.90 Å². The van der Waals surface area contributed by atoms with Gasteiger partial charge >= 0.3 is 0 Å². The van der Waals surface area contributed by atoms with Gasteiger partial charge < -0.3 is 13.7 Å². The Balaban J connectivity index is 1.47. The van der Waals surface area contributed by atoms with Crippen LogP contribution in [0.15, 0.2) is 136 Å². The largest absolute Gasteiger partial charge is 0.456 e. The number of fused-ring (bicyclic) bond motifs is 8. The predicted molar refractivity (Wildman–Crippen MR) is 153 cm³/mol. The number of hydrogen-bond acceptors (Lipinski definition) is 3. The van der Waals surface area contributed by atoms with Crippen LogP contribution >= 0.6 is 0 Å². The summed E-state index contributed by atoms with van der Waals surface area (Å²) in [5.74, 6) is 0. The van der Waals surface area contributed by atoms with Crippen LogP contribution in [0.1, 0.15) is 0 Å². The van der Waals surface area contributed by atoms with Gasteiger partial charge in [0.05, 0.1) is 5.69 Å². The summed E-state index contributed by atoms with van der Waals surface area (Å²) in [4.78, 5) is 2.32. The Bertz CT molecular complexity index is 2100. The third kappa shape index (κ3) is 3.01. The molecule has 0 saturated carbocycles. The summed E-state index contributed by atoms with van der Waals surface area (Å²) in [5, 5.41) is 6.85. The molecule has 0 saturated heterocycles. The van der Waals surface area contributed by atoms with Crippen molar-refractivity contribution < 1.29 is 8.83 Å². The van der Waals surface area contributed by atoms with Crippen LogP contribution in [0, 0.1) is 0 Å². The Morgan fingerprint density at radius 1 is 0.378 bits per heavy atom. The SMILES string of the molecule is c1ccc(N(c2ccc3oc4ccccc4c3c2)c2cc3oc4ccccc4c3c3ccccc23)cc1. The first-order valence-corrected chi connectivity index (χ1v) is 12.4. The summed E-state index contributed by atoms with van der Waals surface area (Å²) >= 11 is 0. The Kier molecular flexibility index (Phi) is 4.23. The first kappa shape index (κ1) is 20.2. The quantitative estimate of drug-likeness (QED) is 0.255. The van der Waals surface area contributed by atoms with Crippen molar-refractivity contribution in [1.29, 1.82) is 0 Å². The molecule has 0 aliphatic carbocycles. The lowest BCUT2D eigenvalue weighted by atomic mass is 10.0. The summed E-state index contributed by atoms with van der Waals surface area (Å²) in [7, 11) is 0. The number of anilines is 3. The summed E-state index contributed by atoms with van der Waals surface area (Å²) in [6.45, 7) is 0. The molecule has 0 spiro atoms. The zero-order valence-corrected chi connectivity index (χ0v) is 19.9. The fraction of sp³-hybridized carbons (Fsp3) is 0. The molecular formula is C34H21NO2. The van der Waals surface area contributed by atoms with Gasteiger partial charge in [-0.15, -0.1) is 0 Å². The lowest BCUT2D eigenvalue weighted by molar-refractivity contribution is 0.668. The molecule has 8 aromatic rings. The second-order valence-corrected chi connectivity index (χ2v) is 9.36. The molecule has 0 bridgehead atoms. The van der Waals surface area contributed by atoms with Gasteiger partial charge in [-0.25, -0.2) is 0 Å². The molecule has 2 heterocycles. The van der Waals surface area contributed by atoms with Crippen molar-refractivity contribution in [2.75, 3.05) is 4.90 Å². The average molecular weight is 476 g/mol. The van der Waals surface area contributed by atoms with Crippen LogP contribution in [-0.4, -0.2) is 0 Å². The Morgan fingerprint density at radius 3 is 1.78 bits per heavy atom. The minimum absolute atomic E-state index is 0.880. The molecule has 0 aliphatic rings. The summed E-state index contributed by atoms with van der Waals surface area (Å²) in [6, 6.07) is 44.2. The zero-order chi connectivity index (χ0) is 24.3. The van der Waals surface area contributed by atoms with Crippen LogP contribution in [0.5, 0.6) is 0 Å². The van der Waals surface area contributed by atoms with Crippen LogP contribution in [0.3, 0.4) is 0 Å². The highest BCUT2D eigenvalue weighted by atomic mass is 16.3. The van der Waals surface area contributed by atoms with E-state index in [0.717, 1.165) is 60.9 Å². The maximum Gasteiger partial charge on any atom is 0.138 e. The molecule has 0 aliphatic heterocycles. The van der Waals surface area contributed by atoms with Gasteiger partial charge in [0, 0.05) is 44.4 Å². The molecule has 6 aromatic carbocycles. The van der Waals surface area contributed by atoms with E-state index in [9.17, 15) is 0 Å². The van der Waals surface area contributed by atoms with Crippen molar-refractivity contribution in [3.8, 4) is 0 Å². The second-order valence-electron chi connectivity index (χ2n) is 9.36. The van der Waals surface area contributed by atoms with Crippen molar-refractivity contribution >= 4 is 71.7 Å². The van der Waals surface area contributed by atoms with Crippen LogP contribution in [0.25, 0.3) is 54.6 Å². The smallest absolute Gasteiger partial charge is 0.138 e. The van der Waals surface area contributed by atoms with E-state index in [1.54, 1.807) is 0 Å². The number of rotatable bonds is 3. The van der Waals surface area contributed by atoms with E-state index in [1.165, 1.54) is 10.8 Å². The molecule has 3 heteroatoms. The Hall–Kier alpha value is -5.02. The predicted octanol–water partition coefficient (Wildman–Crippen LogP) is 10.1. The Labute approximate surface area is 212 Å². The van der Waals surface area contributed by atoms with Crippen molar-refractivity contribution in [3.63, 3.8) is 0 Å². The molecule has 3 nitrogen and oxygen atoms in total. The van der Waals surface area contributed by atoms with Crippen molar-refractivity contribution in [2.45, 2.75) is 0 Å². The van der Waals surface area contributed by atoms with Gasteiger partial charge in [0.2, 0.25) is 0 Å². The third-order valence-electron chi connectivity index (χ3n) is 7.24. The standard InChI is InChI=1S/C34H21NO2/c1-2-10-22(11-3-1)35(23-18-19-32-28(20-23)25-13-6-8-16-30(25)36-32)29-21-33-34(26-14-5-4-12-24(26)29)27-15-7-9-17-31(27)37-33/h1-21H. The number of furan rings is 2. The number of benzene rings is 6. The molecule has 0 radical (unpaired) electrons. The van der Waals surface area contributed by atoms with Gasteiger partial charge in [0.1, 0.15) is 22.3 Å². The lowest BCUT2D eigenvalue weighted by Crippen LogP contribution is -2.10. The molecule has 8 rings (SSSR count). The highest BCUT2D eigenvalue weighted by Crippen LogP contribution is 2.45. The number of hydrogen-bond donors (Lipinski definition) is 0. The van der Waals surface area contributed by atoms with Gasteiger partial charge in [-0.3, -0.25) is 0 Å². The highest BCUT2D eigenvalue weighted by molar-refractivity contribution is 6.22. The van der Waals surface area contributed by atoms with Crippen molar-refractivity contribution in [1.82, 2.24) is 0 Å².